The number of anilines is 1. The number of hydrogen-bond donors (Lipinski definition) is 1. The van der Waals surface area contributed by atoms with Crippen molar-refractivity contribution >= 4 is 27.6 Å². The normalized spacial score (nSPS) is 22.1. The maximum Gasteiger partial charge on any atom is 0.311 e. The summed E-state index contributed by atoms with van der Waals surface area (Å²) in [5.41, 5.74) is 0.670. The van der Waals surface area contributed by atoms with Crippen molar-refractivity contribution in [3.8, 4) is 6.07 Å². The average Bonchev–Trinajstić information content (AvgIpc) is 2.84. The molecule has 1 saturated heterocycles. The standard InChI is InChI=1S/C15H17BrN2O2/c1-10(2)15(14(19)20)5-6-18(9-15)13-4-3-12(16)7-11(13)8-17/h3-4,7,10H,5-6,9H2,1-2H3,(H,19,20). The fourth-order valence-electron chi connectivity index (χ4n) is 2.81. The van der Waals surface area contributed by atoms with E-state index in [9.17, 15) is 15.2 Å². The van der Waals surface area contributed by atoms with Crippen molar-refractivity contribution in [1.29, 1.82) is 5.26 Å². The molecule has 0 saturated carbocycles. The second-order valence-electron chi connectivity index (χ2n) is 5.56. The lowest BCUT2D eigenvalue weighted by molar-refractivity contribution is -0.150. The SMILES string of the molecule is CC(C)C1(C(=O)O)CCN(c2ccc(Br)cc2C#N)C1. The molecule has 1 unspecified atom stereocenters. The molecular formula is C15H17BrN2O2. The molecule has 0 aliphatic carbocycles. The molecule has 0 aromatic heterocycles. The van der Waals surface area contributed by atoms with E-state index in [0.29, 0.717) is 25.1 Å². The van der Waals surface area contributed by atoms with Gasteiger partial charge in [-0.15, -0.1) is 0 Å². The highest BCUT2D eigenvalue weighted by Crippen LogP contribution is 2.41. The molecule has 4 nitrogen and oxygen atoms in total. The Balaban J connectivity index is 2.34. The molecule has 5 heteroatoms. The third-order valence-corrected chi connectivity index (χ3v) is 4.74. The van der Waals surface area contributed by atoms with Crippen LogP contribution in [-0.2, 0) is 4.79 Å². The molecule has 0 radical (unpaired) electrons. The first-order valence-electron chi connectivity index (χ1n) is 6.58. The fraction of sp³-hybridized carbons (Fsp3) is 0.467. The Bertz CT molecular complexity index is 580. The molecule has 0 bridgehead atoms. The van der Waals surface area contributed by atoms with Gasteiger partial charge in [0.25, 0.3) is 0 Å². The van der Waals surface area contributed by atoms with Gasteiger partial charge in [0, 0.05) is 17.6 Å². The summed E-state index contributed by atoms with van der Waals surface area (Å²) in [7, 11) is 0. The monoisotopic (exact) mass is 336 g/mol. The van der Waals surface area contributed by atoms with E-state index in [4.69, 9.17) is 0 Å². The van der Waals surface area contributed by atoms with Gasteiger partial charge in [0.05, 0.1) is 16.7 Å². The molecule has 1 N–H and O–H groups in total. The van der Waals surface area contributed by atoms with Crippen LogP contribution < -0.4 is 4.90 Å². The summed E-state index contributed by atoms with van der Waals surface area (Å²) in [6.07, 6.45) is 0.612. The molecule has 1 aromatic rings. The van der Waals surface area contributed by atoms with Gasteiger partial charge in [0.15, 0.2) is 0 Å². The molecule has 1 aromatic carbocycles. The predicted octanol–water partition coefficient (Wildman–Crippen LogP) is 3.26. The van der Waals surface area contributed by atoms with Gasteiger partial charge in [0.2, 0.25) is 0 Å². The zero-order chi connectivity index (χ0) is 14.9. The Morgan fingerprint density at radius 1 is 1.55 bits per heavy atom. The lowest BCUT2D eigenvalue weighted by Gasteiger charge is -2.29. The van der Waals surface area contributed by atoms with Gasteiger partial charge in [-0.1, -0.05) is 29.8 Å². The second-order valence-corrected chi connectivity index (χ2v) is 6.48. The molecule has 0 spiro atoms. The van der Waals surface area contributed by atoms with E-state index in [2.05, 4.69) is 22.0 Å². The van der Waals surface area contributed by atoms with Crippen molar-refractivity contribution in [3.63, 3.8) is 0 Å². The lowest BCUT2D eigenvalue weighted by atomic mass is 9.76. The summed E-state index contributed by atoms with van der Waals surface area (Å²) < 4.78 is 0.852. The number of benzene rings is 1. The van der Waals surface area contributed by atoms with Crippen LogP contribution in [0.3, 0.4) is 0 Å². The molecule has 2 rings (SSSR count). The van der Waals surface area contributed by atoms with Crippen LogP contribution in [0.25, 0.3) is 0 Å². The van der Waals surface area contributed by atoms with Crippen LogP contribution in [0, 0.1) is 22.7 Å². The summed E-state index contributed by atoms with van der Waals surface area (Å²) in [6, 6.07) is 7.71. The Hall–Kier alpha value is -1.54. The van der Waals surface area contributed by atoms with Gasteiger partial charge in [-0.2, -0.15) is 5.26 Å². The Morgan fingerprint density at radius 3 is 2.75 bits per heavy atom. The van der Waals surface area contributed by atoms with Crippen LogP contribution in [0.5, 0.6) is 0 Å². The van der Waals surface area contributed by atoms with Crippen LogP contribution in [0.4, 0.5) is 5.69 Å². The minimum absolute atomic E-state index is 0.0611. The minimum atomic E-state index is -0.745. The summed E-state index contributed by atoms with van der Waals surface area (Å²) in [4.78, 5) is 13.7. The molecule has 1 atom stereocenters. The number of carbonyl (C=O) groups is 1. The number of carboxylic acid groups (broad SMARTS) is 1. The lowest BCUT2D eigenvalue weighted by Crippen LogP contribution is -2.39. The summed E-state index contributed by atoms with van der Waals surface area (Å²) >= 11 is 3.35. The molecule has 1 heterocycles. The molecule has 1 aliphatic heterocycles. The maximum atomic E-state index is 11.7. The highest BCUT2D eigenvalue weighted by atomic mass is 79.9. The quantitative estimate of drug-likeness (QED) is 0.920. The number of halogens is 1. The Morgan fingerprint density at radius 2 is 2.25 bits per heavy atom. The highest BCUT2D eigenvalue weighted by molar-refractivity contribution is 9.10. The van der Waals surface area contributed by atoms with Crippen LogP contribution in [0.15, 0.2) is 22.7 Å². The second kappa shape index (κ2) is 5.45. The molecule has 106 valence electrons. The van der Waals surface area contributed by atoms with Gasteiger partial charge in [-0.3, -0.25) is 4.79 Å². The van der Waals surface area contributed by atoms with E-state index in [0.717, 1.165) is 10.2 Å². The molecular weight excluding hydrogens is 320 g/mol. The average molecular weight is 337 g/mol. The highest BCUT2D eigenvalue weighted by Gasteiger charge is 2.47. The zero-order valence-electron chi connectivity index (χ0n) is 11.6. The summed E-state index contributed by atoms with van der Waals surface area (Å²) in [6.45, 7) is 5.02. The number of aliphatic carboxylic acids is 1. The Labute approximate surface area is 127 Å². The van der Waals surface area contributed by atoms with Gasteiger partial charge >= 0.3 is 5.97 Å². The summed E-state index contributed by atoms with van der Waals surface area (Å²) in [5.74, 6) is -0.684. The first kappa shape index (κ1) is 14.9. The number of hydrogen-bond acceptors (Lipinski definition) is 3. The van der Waals surface area contributed by atoms with Crippen molar-refractivity contribution in [1.82, 2.24) is 0 Å². The topological polar surface area (TPSA) is 64.3 Å². The molecule has 1 aliphatic rings. The van der Waals surface area contributed by atoms with Crippen LogP contribution in [0.1, 0.15) is 25.8 Å². The third-order valence-electron chi connectivity index (χ3n) is 4.25. The number of nitriles is 1. The van der Waals surface area contributed by atoms with E-state index in [1.165, 1.54) is 0 Å². The van der Waals surface area contributed by atoms with Crippen LogP contribution in [-0.4, -0.2) is 24.2 Å². The van der Waals surface area contributed by atoms with Crippen LogP contribution in [0.2, 0.25) is 0 Å². The predicted molar refractivity (Wildman–Crippen MR) is 80.6 cm³/mol. The zero-order valence-corrected chi connectivity index (χ0v) is 13.1. The van der Waals surface area contributed by atoms with Crippen molar-refractivity contribution in [2.75, 3.05) is 18.0 Å². The molecule has 1 fully saturated rings. The number of nitrogens with zero attached hydrogens (tertiary/aromatic N) is 2. The van der Waals surface area contributed by atoms with Gasteiger partial charge in [-0.05, 0) is 30.5 Å². The van der Waals surface area contributed by atoms with Gasteiger partial charge in [0.1, 0.15) is 6.07 Å². The number of rotatable bonds is 3. The maximum absolute atomic E-state index is 11.7. The van der Waals surface area contributed by atoms with E-state index >= 15 is 0 Å². The van der Waals surface area contributed by atoms with Crippen molar-refractivity contribution in [3.05, 3.63) is 28.2 Å². The summed E-state index contributed by atoms with van der Waals surface area (Å²) in [5, 5.41) is 18.8. The van der Waals surface area contributed by atoms with E-state index in [-0.39, 0.29) is 5.92 Å². The largest absolute Gasteiger partial charge is 0.481 e. The molecule has 20 heavy (non-hydrogen) atoms. The number of carboxylic acids is 1. The van der Waals surface area contributed by atoms with E-state index in [1.807, 2.05) is 30.9 Å². The van der Waals surface area contributed by atoms with Crippen molar-refractivity contribution in [2.24, 2.45) is 11.3 Å². The van der Waals surface area contributed by atoms with Crippen molar-refractivity contribution in [2.45, 2.75) is 20.3 Å². The first-order chi connectivity index (χ1) is 9.40. The third kappa shape index (κ3) is 2.40. The van der Waals surface area contributed by atoms with Gasteiger partial charge < -0.3 is 10.0 Å². The smallest absolute Gasteiger partial charge is 0.311 e. The minimum Gasteiger partial charge on any atom is -0.481 e. The first-order valence-corrected chi connectivity index (χ1v) is 7.38. The van der Waals surface area contributed by atoms with E-state index in [1.54, 1.807) is 6.07 Å². The van der Waals surface area contributed by atoms with Crippen LogP contribution >= 0.6 is 15.9 Å². The molecule has 0 amide bonds. The van der Waals surface area contributed by atoms with Crippen molar-refractivity contribution < 1.29 is 9.90 Å². The Kier molecular flexibility index (Phi) is 4.05. The van der Waals surface area contributed by atoms with Gasteiger partial charge in [-0.25, -0.2) is 0 Å². The van der Waals surface area contributed by atoms with E-state index < -0.39 is 11.4 Å². The fourth-order valence-corrected chi connectivity index (χ4v) is 3.17.